The lowest BCUT2D eigenvalue weighted by molar-refractivity contribution is -0.122. The number of likely N-dealkylation sites (N-methyl/N-ethyl adjacent to an activating group) is 1. The van der Waals surface area contributed by atoms with Gasteiger partial charge in [-0.25, -0.2) is 13.8 Å². The lowest BCUT2D eigenvalue weighted by Gasteiger charge is -2.17. The Kier molecular flexibility index (Phi) is 7.04. The number of aromatic nitrogens is 1. The minimum Gasteiger partial charge on any atom is -0.493 e. The van der Waals surface area contributed by atoms with Gasteiger partial charge in [0.1, 0.15) is 15.9 Å². The van der Waals surface area contributed by atoms with Gasteiger partial charge in [-0.2, -0.15) is 0 Å². The smallest absolute Gasteiger partial charge is 0.264 e. The number of methoxy groups -OCH3 is 2. The summed E-state index contributed by atoms with van der Waals surface area (Å²) in [5.74, 6) is -2.23. The van der Waals surface area contributed by atoms with Crippen LogP contribution in [-0.4, -0.2) is 38.1 Å². The monoisotopic (exact) mass is 461 g/mol. The number of carbonyl (C=O) groups is 2. The molecule has 10 heteroatoms. The van der Waals surface area contributed by atoms with Crippen molar-refractivity contribution >= 4 is 23.2 Å². The van der Waals surface area contributed by atoms with Crippen LogP contribution in [-0.2, 0) is 4.79 Å². The number of hydrogen-bond donors (Lipinski definition) is 2. The van der Waals surface area contributed by atoms with Crippen molar-refractivity contribution in [3.63, 3.8) is 0 Å². The summed E-state index contributed by atoms with van der Waals surface area (Å²) < 4.78 is 37.5. The van der Waals surface area contributed by atoms with Crippen LogP contribution in [0.15, 0.2) is 36.4 Å². The number of halogens is 2. The lowest BCUT2D eigenvalue weighted by Crippen LogP contribution is -2.39. The minimum atomic E-state index is -1.21. The van der Waals surface area contributed by atoms with Crippen LogP contribution in [0, 0.1) is 18.6 Å². The van der Waals surface area contributed by atoms with Crippen molar-refractivity contribution in [2.24, 2.45) is 0 Å². The highest BCUT2D eigenvalue weighted by Gasteiger charge is 2.26. The van der Waals surface area contributed by atoms with E-state index in [1.54, 1.807) is 25.1 Å². The third-order valence-corrected chi connectivity index (χ3v) is 5.90. The summed E-state index contributed by atoms with van der Waals surface area (Å²) in [5, 5.41) is 5.56. The second kappa shape index (κ2) is 9.73. The molecule has 2 aromatic carbocycles. The molecule has 3 aromatic rings. The van der Waals surface area contributed by atoms with E-state index < -0.39 is 29.5 Å². The van der Waals surface area contributed by atoms with Crippen LogP contribution in [0.25, 0.3) is 10.6 Å². The molecule has 0 aliphatic carbocycles. The van der Waals surface area contributed by atoms with Gasteiger partial charge in [0.25, 0.3) is 5.91 Å². The second-order valence-corrected chi connectivity index (χ2v) is 7.70. The molecule has 1 aromatic heterocycles. The summed E-state index contributed by atoms with van der Waals surface area (Å²) in [5.41, 5.74) is 1.29. The molecule has 168 valence electrons. The molecule has 3 rings (SSSR count). The highest BCUT2D eigenvalue weighted by atomic mass is 32.1. The Morgan fingerprint density at radius 2 is 1.75 bits per heavy atom. The number of nitrogens with one attached hydrogen (secondary N) is 2. The van der Waals surface area contributed by atoms with Crippen molar-refractivity contribution in [2.75, 3.05) is 21.3 Å². The summed E-state index contributed by atoms with van der Waals surface area (Å²) in [4.78, 5) is 30.0. The van der Waals surface area contributed by atoms with E-state index in [0.29, 0.717) is 22.2 Å². The maximum atomic E-state index is 13.7. The number of aryl methyl sites for hydroxylation is 1. The van der Waals surface area contributed by atoms with Crippen LogP contribution in [0.5, 0.6) is 11.5 Å². The predicted molar refractivity (Wildman–Crippen MR) is 116 cm³/mol. The number of hydrogen-bond acceptors (Lipinski definition) is 6. The van der Waals surface area contributed by atoms with Crippen molar-refractivity contribution in [3.05, 3.63) is 64.2 Å². The van der Waals surface area contributed by atoms with Gasteiger partial charge in [-0.15, -0.1) is 11.3 Å². The molecule has 0 saturated heterocycles. The third-order valence-electron chi connectivity index (χ3n) is 4.69. The number of benzene rings is 2. The van der Waals surface area contributed by atoms with E-state index in [0.717, 1.165) is 29.0 Å². The van der Waals surface area contributed by atoms with E-state index >= 15 is 0 Å². The third kappa shape index (κ3) is 4.70. The molecule has 2 N–H and O–H groups in total. The maximum absolute atomic E-state index is 13.7. The van der Waals surface area contributed by atoms with Crippen LogP contribution in [0.3, 0.4) is 0 Å². The Bertz CT molecular complexity index is 1170. The van der Waals surface area contributed by atoms with Crippen LogP contribution in [0.4, 0.5) is 8.78 Å². The van der Waals surface area contributed by atoms with E-state index in [-0.39, 0.29) is 10.4 Å². The molecule has 0 bridgehead atoms. The molecular weight excluding hydrogens is 440 g/mol. The van der Waals surface area contributed by atoms with Gasteiger partial charge in [0.2, 0.25) is 5.91 Å². The first-order valence-electron chi connectivity index (χ1n) is 9.46. The van der Waals surface area contributed by atoms with Crippen LogP contribution in [0.2, 0.25) is 0 Å². The standard InChI is InChI=1S/C22H21F2N3O4S/c1-11-19(32-22(26-11)13-6-8-16(30-3)17(10-13)31-4)21(29)27-18(20(28)25-2)12-5-7-14(23)15(24)9-12/h5-10,18H,1-4H3,(H,25,28)(H,27,29). The quantitative estimate of drug-likeness (QED) is 0.561. The van der Waals surface area contributed by atoms with Gasteiger partial charge in [0.15, 0.2) is 23.1 Å². The number of nitrogens with zero attached hydrogens (tertiary/aromatic N) is 1. The summed E-state index contributed by atoms with van der Waals surface area (Å²) in [7, 11) is 4.43. The van der Waals surface area contributed by atoms with Crippen molar-refractivity contribution in [3.8, 4) is 22.1 Å². The first-order valence-corrected chi connectivity index (χ1v) is 10.3. The molecule has 0 radical (unpaired) electrons. The SMILES string of the molecule is CNC(=O)C(NC(=O)c1sc(-c2ccc(OC)c(OC)c2)nc1C)c1ccc(F)c(F)c1. The first-order chi connectivity index (χ1) is 15.3. The molecule has 1 unspecified atom stereocenters. The zero-order chi connectivity index (χ0) is 23.4. The van der Waals surface area contributed by atoms with E-state index in [2.05, 4.69) is 15.6 Å². The molecule has 0 spiro atoms. The highest BCUT2D eigenvalue weighted by Crippen LogP contribution is 2.35. The molecule has 0 saturated carbocycles. The summed E-state index contributed by atoms with van der Waals surface area (Å²) in [6.45, 7) is 1.67. The van der Waals surface area contributed by atoms with Crippen molar-refractivity contribution in [1.82, 2.24) is 15.6 Å². The molecular formula is C22H21F2N3O4S. The average molecular weight is 461 g/mol. The van der Waals surface area contributed by atoms with Gasteiger partial charge in [-0.3, -0.25) is 9.59 Å². The second-order valence-electron chi connectivity index (χ2n) is 6.70. The number of amides is 2. The zero-order valence-electron chi connectivity index (χ0n) is 17.8. The lowest BCUT2D eigenvalue weighted by atomic mass is 10.1. The summed E-state index contributed by atoms with van der Waals surface area (Å²) in [6.07, 6.45) is 0. The Hall–Kier alpha value is -3.53. The van der Waals surface area contributed by atoms with E-state index in [4.69, 9.17) is 9.47 Å². The maximum Gasteiger partial charge on any atom is 0.264 e. The first kappa shape index (κ1) is 23.1. The fourth-order valence-corrected chi connectivity index (χ4v) is 4.00. The number of carbonyl (C=O) groups excluding carboxylic acids is 2. The van der Waals surface area contributed by atoms with Crippen LogP contribution < -0.4 is 20.1 Å². The molecule has 32 heavy (non-hydrogen) atoms. The molecule has 0 fully saturated rings. The van der Waals surface area contributed by atoms with Gasteiger partial charge in [-0.1, -0.05) is 6.07 Å². The highest BCUT2D eigenvalue weighted by molar-refractivity contribution is 7.17. The normalized spacial score (nSPS) is 11.6. The van der Waals surface area contributed by atoms with E-state index in [1.807, 2.05) is 0 Å². The fourth-order valence-electron chi connectivity index (χ4n) is 3.03. The van der Waals surface area contributed by atoms with Crippen molar-refractivity contribution in [2.45, 2.75) is 13.0 Å². The minimum absolute atomic E-state index is 0.110. The van der Waals surface area contributed by atoms with E-state index in [1.165, 1.54) is 27.3 Å². The van der Waals surface area contributed by atoms with Gasteiger partial charge >= 0.3 is 0 Å². The molecule has 0 aliphatic heterocycles. The van der Waals surface area contributed by atoms with Gasteiger partial charge < -0.3 is 20.1 Å². The zero-order valence-corrected chi connectivity index (χ0v) is 18.6. The molecule has 1 heterocycles. The molecule has 7 nitrogen and oxygen atoms in total. The van der Waals surface area contributed by atoms with E-state index in [9.17, 15) is 18.4 Å². The Morgan fingerprint density at radius 3 is 2.38 bits per heavy atom. The number of rotatable bonds is 7. The van der Waals surface area contributed by atoms with Gasteiger partial charge in [0.05, 0.1) is 19.9 Å². The van der Waals surface area contributed by atoms with Crippen LogP contribution >= 0.6 is 11.3 Å². The summed E-state index contributed by atoms with van der Waals surface area (Å²) in [6, 6.07) is 7.07. The summed E-state index contributed by atoms with van der Waals surface area (Å²) >= 11 is 1.13. The Morgan fingerprint density at radius 1 is 1.03 bits per heavy atom. The molecule has 0 aliphatic rings. The van der Waals surface area contributed by atoms with Crippen molar-refractivity contribution < 1.29 is 27.8 Å². The topological polar surface area (TPSA) is 89.6 Å². The molecule has 2 amide bonds. The largest absolute Gasteiger partial charge is 0.493 e. The van der Waals surface area contributed by atoms with Gasteiger partial charge in [-0.05, 0) is 42.8 Å². The predicted octanol–water partition coefficient (Wildman–Crippen LogP) is 3.63. The molecule has 1 atom stereocenters. The van der Waals surface area contributed by atoms with Crippen molar-refractivity contribution in [1.29, 1.82) is 0 Å². The van der Waals surface area contributed by atoms with Crippen LogP contribution in [0.1, 0.15) is 27.0 Å². The Labute approximate surface area is 187 Å². The average Bonchev–Trinajstić information content (AvgIpc) is 3.19. The van der Waals surface area contributed by atoms with Gasteiger partial charge in [0, 0.05) is 12.6 Å². The number of ether oxygens (including phenoxy) is 2. The Balaban J connectivity index is 1.91. The number of thiazole rings is 1. The fraction of sp³-hybridized carbons (Fsp3) is 0.227.